The number of rotatable bonds is 7. The van der Waals surface area contributed by atoms with Crippen molar-refractivity contribution in [3.8, 4) is 22.6 Å². The molecule has 32 heavy (non-hydrogen) atoms. The second-order valence-corrected chi connectivity index (χ2v) is 8.19. The first-order valence-electron chi connectivity index (χ1n) is 10.4. The average Bonchev–Trinajstić information content (AvgIpc) is 3.11. The van der Waals surface area contributed by atoms with E-state index in [9.17, 15) is 9.59 Å². The summed E-state index contributed by atoms with van der Waals surface area (Å²) in [4.78, 5) is 24.5. The Bertz CT molecular complexity index is 1120. The van der Waals surface area contributed by atoms with E-state index in [2.05, 4.69) is 5.32 Å². The molecule has 0 saturated carbocycles. The average molecular weight is 431 g/mol. The van der Waals surface area contributed by atoms with Gasteiger partial charge in [-0.15, -0.1) is 0 Å². The van der Waals surface area contributed by atoms with Crippen LogP contribution in [0.1, 0.15) is 19.4 Å². The fourth-order valence-corrected chi connectivity index (χ4v) is 3.67. The van der Waals surface area contributed by atoms with E-state index in [-0.39, 0.29) is 12.2 Å². The summed E-state index contributed by atoms with van der Waals surface area (Å²) in [5.74, 6) is 0.0885. The number of benzene rings is 3. The first-order chi connectivity index (χ1) is 15.4. The van der Waals surface area contributed by atoms with Crippen LogP contribution in [0.5, 0.6) is 11.5 Å². The predicted octanol–water partition coefficient (Wildman–Crippen LogP) is 4.63. The van der Waals surface area contributed by atoms with Gasteiger partial charge in [-0.1, -0.05) is 60.7 Å². The summed E-state index contributed by atoms with van der Waals surface area (Å²) in [6, 6.07) is 22.8. The summed E-state index contributed by atoms with van der Waals surface area (Å²) >= 11 is 0. The molecule has 6 nitrogen and oxygen atoms in total. The second kappa shape index (κ2) is 9.14. The molecule has 0 spiro atoms. The lowest BCUT2D eigenvalue weighted by molar-refractivity contribution is -0.149. The van der Waals surface area contributed by atoms with Gasteiger partial charge in [-0.25, -0.2) is 4.79 Å². The largest absolute Gasteiger partial charge is 0.483 e. The van der Waals surface area contributed by atoms with Crippen molar-refractivity contribution in [3.63, 3.8) is 0 Å². The number of nitrogens with one attached hydrogen (secondary N) is 1. The summed E-state index contributed by atoms with van der Waals surface area (Å²) in [7, 11) is 0. The minimum atomic E-state index is -0.633. The lowest BCUT2D eigenvalue weighted by Gasteiger charge is -2.18. The highest BCUT2D eigenvalue weighted by atomic mass is 16.6. The van der Waals surface area contributed by atoms with Crippen molar-refractivity contribution in [1.29, 1.82) is 0 Å². The van der Waals surface area contributed by atoms with E-state index in [0.717, 1.165) is 23.1 Å². The molecule has 0 bridgehead atoms. The van der Waals surface area contributed by atoms with E-state index < -0.39 is 18.5 Å². The zero-order valence-electron chi connectivity index (χ0n) is 18.1. The Morgan fingerprint density at radius 1 is 0.938 bits per heavy atom. The number of amides is 1. The van der Waals surface area contributed by atoms with Gasteiger partial charge in [0.15, 0.2) is 24.7 Å². The number of carbonyl (C=O) groups excluding carboxylic acids is 2. The molecular weight excluding hydrogens is 406 g/mol. The van der Waals surface area contributed by atoms with E-state index >= 15 is 0 Å². The Hall–Kier alpha value is -3.80. The molecule has 1 aliphatic heterocycles. The van der Waals surface area contributed by atoms with Crippen LogP contribution in [0.3, 0.4) is 0 Å². The normalized spacial score (nSPS) is 13.6. The molecule has 3 aromatic rings. The molecule has 6 heteroatoms. The fourth-order valence-electron chi connectivity index (χ4n) is 3.67. The maximum absolute atomic E-state index is 12.4. The Morgan fingerprint density at radius 3 is 2.50 bits per heavy atom. The standard InChI is InChI=1S/C26H25NO5/c1-26(2)15-19-11-8-14-22(25(19)32-26)30-17-24(29)31-16-23(28)27-21-13-7-6-12-20(21)18-9-4-3-5-10-18/h3-14H,15-17H2,1-2H3,(H,27,28). The van der Waals surface area contributed by atoms with Crippen molar-refractivity contribution in [2.75, 3.05) is 18.5 Å². The third-order valence-electron chi connectivity index (χ3n) is 5.05. The number of carbonyl (C=O) groups is 2. The molecule has 0 radical (unpaired) electrons. The molecule has 0 atom stereocenters. The van der Waals surface area contributed by atoms with Crippen LogP contribution in [0.25, 0.3) is 11.1 Å². The zero-order valence-corrected chi connectivity index (χ0v) is 18.1. The Labute approximate surface area is 187 Å². The van der Waals surface area contributed by atoms with Gasteiger partial charge in [0.2, 0.25) is 0 Å². The van der Waals surface area contributed by atoms with Crippen LogP contribution in [-0.2, 0) is 20.7 Å². The van der Waals surface area contributed by atoms with Crippen molar-refractivity contribution >= 4 is 17.6 Å². The fraction of sp³-hybridized carbons (Fsp3) is 0.231. The van der Waals surface area contributed by atoms with Crippen molar-refractivity contribution in [2.45, 2.75) is 25.9 Å². The molecule has 3 aromatic carbocycles. The van der Waals surface area contributed by atoms with Crippen molar-refractivity contribution < 1.29 is 23.8 Å². The summed E-state index contributed by atoms with van der Waals surface area (Å²) in [6.45, 7) is 3.29. The topological polar surface area (TPSA) is 73.9 Å². The van der Waals surface area contributed by atoms with Crippen LogP contribution in [0, 0.1) is 0 Å². The van der Waals surface area contributed by atoms with E-state index in [0.29, 0.717) is 17.2 Å². The molecule has 0 aliphatic carbocycles. The molecule has 0 saturated heterocycles. The van der Waals surface area contributed by atoms with Gasteiger partial charge in [-0.3, -0.25) is 4.79 Å². The Kier molecular flexibility index (Phi) is 6.12. The van der Waals surface area contributed by atoms with Crippen molar-refractivity contribution in [3.05, 3.63) is 78.4 Å². The summed E-state index contributed by atoms with van der Waals surface area (Å²) < 4.78 is 16.6. The molecule has 164 valence electrons. The smallest absolute Gasteiger partial charge is 0.344 e. The van der Waals surface area contributed by atoms with Gasteiger partial charge >= 0.3 is 5.97 Å². The predicted molar refractivity (Wildman–Crippen MR) is 122 cm³/mol. The maximum atomic E-state index is 12.4. The molecule has 1 amide bonds. The zero-order chi connectivity index (χ0) is 22.6. The first-order valence-corrected chi connectivity index (χ1v) is 10.4. The van der Waals surface area contributed by atoms with E-state index in [1.54, 1.807) is 6.07 Å². The van der Waals surface area contributed by atoms with Crippen LogP contribution < -0.4 is 14.8 Å². The molecule has 1 N–H and O–H groups in total. The van der Waals surface area contributed by atoms with Gasteiger partial charge in [0.1, 0.15) is 5.60 Å². The molecule has 0 unspecified atom stereocenters. The number of hydrogen-bond donors (Lipinski definition) is 1. The van der Waals surface area contributed by atoms with Gasteiger partial charge < -0.3 is 19.5 Å². The summed E-state index contributed by atoms with van der Waals surface area (Å²) in [5, 5.41) is 2.80. The Balaban J connectivity index is 1.30. The molecule has 1 aliphatic rings. The molecular formula is C26H25NO5. The third kappa shape index (κ3) is 5.09. The van der Waals surface area contributed by atoms with Crippen LogP contribution in [0.4, 0.5) is 5.69 Å². The number of para-hydroxylation sites is 2. The van der Waals surface area contributed by atoms with Gasteiger partial charge in [-0.2, -0.15) is 0 Å². The Morgan fingerprint density at radius 2 is 1.69 bits per heavy atom. The van der Waals surface area contributed by atoms with E-state index in [4.69, 9.17) is 14.2 Å². The van der Waals surface area contributed by atoms with E-state index in [1.807, 2.05) is 80.6 Å². The molecule has 0 aromatic heterocycles. The first kappa shape index (κ1) is 21.4. The highest BCUT2D eigenvalue weighted by Crippen LogP contribution is 2.41. The van der Waals surface area contributed by atoms with Crippen LogP contribution in [0.2, 0.25) is 0 Å². The van der Waals surface area contributed by atoms with Crippen LogP contribution in [-0.4, -0.2) is 30.7 Å². The van der Waals surface area contributed by atoms with Gasteiger partial charge in [0, 0.05) is 23.2 Å². The van der Waals surface area contributed by atoms with Crippen molar-refractivity contribution in [2.24, 2.45) is 0 Å². The minimum absolute atomic E-state index is 0.309. The quantitative estimate of drug-likeness (QED) is 0.552. The number of ether oxygens (including phenoxy) is 3. The van der Waals surface area contributed by atoms with Gasteiger partial charge in [0.25, 0.3) is 5.91 Å². The molecule has 4 rings (SSSR count). The molecule has 1 heterocycles. The highest BCUT2D eigenvalue weighted by molar-refractivity contribution is 5.96. The SMILES string of the molecule is CC1(C)Cc2cccc(OCC(=O)OCC(=O)Nc3ccccc3-c3ccccc3)c2O1. The maximum Gasteiger partial charge on any atom is 0.344 e. The highest BCUT2D eigenvalue weighted by Gasteiger charge is 2.32. The summed E-state index contributed by atoms with van der Waals surface area (Å²) in [5.41, 5.74) is 3.25. The van der Waals surface area contributed by atoms with E-state index in [1.165, 1.54) is 0 Å². The van der Waals surface area contributed by atoms with Crippen LogP contribution in [0.15, 0.2) is 72.8 Å². The number of esters is 1. The summed E-state index contributed by atoms with van der Waals surface area (Å²) in [6.07, 6.45) is 0.772. The van der Waals surface area contributed by atoms with Gasteiger partial charge in [0.05, 0.1) is 0 Å². The number of anilines is 1. The minimum Gasteiger partial charge on any atom is -0.483 e. The lowest BCUT2D eigenvalue weighted by Crippen LogP contribution is -2.25. The number of fused-ring (bicyclic) bond motifs is 1. The van der Waals surface area contributed by atoms with Crippen molar-refractivity contribution in [1.82, 2.24) is 0 Å². The van der Waals surface area contributed by atoms with Gasteiger partial charge in [-0.05, 0) is 31.5 Å². The number of hydrogen-bond acceptors (Lipinski definition) is 5. The lowest BCUT2D eigenvalue weighted by atomic mass is 10.0. The monoisotopic (exact) mass is 431 g/mol. The third-order valence-corrected chi connectivity index (χ3v) is 5.05. The van der Waals surface area contributed by atoms with Crippen LogP contribution >= 0.6 is 0 Å². The second-order valence-electron chi connectivity index (χ2n) is 8.19. The molecule has 0 fully saturated rings.